The van der Waals surface area contributed by atoms with Crippen molar-refractivity contribution in [1.29, 1.82) is 0 Å². The highest BCUT2D eigenvalue weighted by molar-refractivity contribution is 7.04. The van der Waals surface area contributed by atoms with Gasteiger partial charge in [-0.15, -0.1) is 0 Å². The molecule has 8 bridgehead atoms. The van der Waals surface area contributed by atoms with Gasteiger partial charge in [-0.05, 0) is 109 Å². The second kappa shape index (κ2) is 20.9. The second-order valence-electron chi connectivity index (χ2n) is 25.3. The van der Waals surface area contributed by atoms with Crippen LogP contribution in [0.5, 0.6) is 0 Å². The smallest absolute Gasteiger partial charge is 0.395 e. The first kappa shape index (κ1) is 52.1. The maximum Gasteiger partial charge on any atom is 0.646 e. The van der Waals surface area contributed by atoms with Gasteiger partial charge in [-0.1, -0.05) is 155 Å². The number of hydrogen-bond donors (Lipinski definition) is 0. The molecule has 0 aromatic heterocycles. The molecule has 0 atom stereocenters. The van der Waals surface area contributed by atoms with Crippen LogP contribution in [0.2, 0.25) is 57.9 Å². The molecule has 0 N–H and O–H groups in total. The lowest BCUT2D eigenvalue weighted by Gasteiger charge is -2.67. The maximum atomic E-state index is 8.74. The molecule has 0 amide bonds. The van der Waals surface area contributed by atoms with Crippen LogP contribution in [0.15, 0.2) is 0 Å². The summed E-state index contributed by atoms with van der Waals surface area (Å²) in [6, 6.07) is 0.959. The van der Waals surface area contributed by atoms with Crippen LogP contribution in [0.25, 0.3) is 0 Å². The monoisotopic (exact) mass is 1130 g/mol. The summed E-state index contributed by atoms with van der Waals surface area (Å²) < 4.78 is 112. The van der Waals surface area contributed by atoms with Crippen molar-refractivity contribution < 1.29 is 53.5 Å². The highest BCUT2D eigenvalue weighted by Gasteiger charge is 2.89. The molecule has 6 aliphatic heterocycles. The first-order valence-corrected chi connectivity index (χ1v) is 47.5. The molecule has 398 valence electrons. The Bertz CT molecular complexity index is 1600. The van der Waals surface area contributed by atoms with E-state index in [1.165, 1.54) is 44.9 Å². The average molecular weight is 1130 g/mol. The van der Waals surface area contributed by atoms with Crippen molar-refractivity contribution in [1.82, 2.24) is 0 Å². The molecule has 0 spiro atoms. The van der Waals surface area contributed by atoms with Crippen LogP contribution in [0.3, 0.4) is 0 Å². The zero-order chi connectivity index (χ0) is 47.6. The zero-order valence-corrected chi connectivity index (χ0v) is 52.7. The van der Waals surface area contributed by atoms with E-state index in [1.54, 1.807) is 0 Å². The minimum atomic E-state index is -4.50. The summed E-state index contributed by atoms with van der Waals surface area (Å²) in [6.45, 7) is 7.01. The van der Waals surface area contributed by atoms with Gasteiger partial charge in [-0.25, -0.2) is 0 Å². The van der Waals surface area contributed by atoms with Gasteiger partial charge >= 0.3 is 70.7 Å². The molecule has 0 unspecified atom stereocenters. The summed E-state index contributed by atoms with van der Waals surface area (Å²) in [4.78, 5) is 0. The fourth-order valence-electron chi connectivity index (χ4n) is 15.8. The Hall–Kier alpha value is 1.43. The van der Waals surface area contributed by atoms with Crippen LogP contribution in [0.4, 0.5) is 0 Å². The Balaban J connectivity index is 1.19. The predicted molar refractivity (Wildman–Crippen MR) is 285 cm³/mol. The fraction of sp³-hybridized carbons (Fsp3) is 1.00. The normalized spacial score (nSPS) is 45.0. The van der Waals surface area contributed by atoms with Gasteiger partial charge in [-0.3, -0.25) is 0 Å². The molecule has 6 heterocycles. The predicted octanol–water partition coefficient (Wildman–Crippen LogP) is 14.6. The zero-order valence-electron chi connectivity index (χ0n) is 43.7. The van der Waals surface area contributed by atoms with Gasteiger partial charge < -0.3 is 53.5 Å². The molecule has 0 aromatic rings. The topological polar surface area (TPSA) is 120 Å². The lowest BCUT2D eigenvalue weighted by atomic mass is 10.0. The van der Waals surface area contributed by atoms with E-state index >= 15 is 0 Å². The third-order valence-corrected chi connectivity index (χ3v) is 62.3. The number of rotatable bonds is 12. The van der Waals surface area contributed by atoms with E-state index in [4.69, 9.17) is 53.5 Å². The van der Waals surface area contributed by atoms with Crippen molar-refractivity contribution in [3.63, 3.8) is 0 Å². The number of hydrogen-bond acceptors (Lipinski definition) is 13. The fourth-order valence-corrected chi connectivity index (χ4v) is 75.0. The van der Waals surface area contributed by atoms with Crippen molar-refractivity contribution in [2.45, 2.75) is 302 Å². The summed E-state index contributed by atoms with van der Waals surface area (Å²) >= 11 is 0. The molecule has 13 nitrogen and oxygen atoms in total. The highest BCUT2D eigenvalue weighted by atomic mass is 28.6. The minimum Gasteiger partial charge on any atom is -0.395 e. The Kier molecular flexibility index (Phi) is 15.6. The van der Waals surface area contributed by atoms with Gasteiger partial charge in [0, 0.05) is 38.8 Å². The molecular formula is C48H92O13Si9. The van der Waals surface area contributed by atoms with E-state index in [1.807, 2.05) is 0 Å². The Morgan fingerprint density at radius 3 is 0.671 bits per heavy atom. The largest absolute Gasteiger partial charge is 0.646 e. The van der Waals surface area contributed by atoms with Crippen LogP contribution in [-0.2, 0) is 53.5 Å². The van der Waals surface area contributed by atoms with E-state index in [2.05, 4.69) is 20.0 Å². The molecule has 70 heavy (non-hydrogen) atoms. The standard InChI is InChI=1S/C48H92O13Si9/c1-4-5-41-62(2,3)49-70-59-67(46-35-21-10-22-36-46)53-64(43-29-15-7-16-30-43)50-63(42-27-13-6-14-28-42)51-65(55-67,44-31-17-8-18-32-44)57-69(61-70,48-39-25-12-26-40-48)58-66(52-63,45-33-19-9-20-34-45)56-68(54-64,60-70)47-37-23-11-24-38-47/h42-48H,4-41H2,1-3H3. The third-order valence-electron chi connectivity index (χ3n) is 19.6. The first-order chi connectivity index (χ1) is 34.0. The van der Waals surface area contributed by atoms with Crippen molar-refractivity contribution in [3.05, 3.63) is 0 Å². The number of unbranched alkanes of at least 4 members (excludes halogenated alkanes) is 1. The second-order valence-corrected chi connectivity index (χ2v) is 55.1. The van der Waals surface area contributed by atoms with Gasteiger partial charge in [0.25, 0.3) is 0 Å². The van der Waals surface area contributed by atoms with Gasteiger partial charge in [0.05, 0.1) is 0 Å². The van der Waals surface area contributed by atoms with E-state index in [-0.39, 0.29) is 38.8 Å². The van der Waals surface area contributed by atoms with Gasteiger partial charge in [0.2, 0.25) is 0 Å². The lowest BCUT2D eigenvalue weighted by Crippen LogP contribution is -2.91. The molecule has 7 saturated carbocycles. The highest BCUT2D eigenvalue weighted by Crippen LogP contribution is 2.65. The maximum absolute atomic E-state index is 8.74. The Morgan fingerprint density at radius 1 is 0.300 bits per heavy atom. The average Bonchev–Trinajstić information content (AvgIpc) is 3.37. The van der Waals surface area contributed by atoms with Gasteiger partial charge in [0.15, 0.2) is 8.32 Å². The van der Waals surface area contributed by atoms with Crippen LogP contribution >= 0.6 is 0 Å². The summed E-state index contributed by atoms with van der Waals surface area (Å²) in [5.74, 6) is 0. The molecule has 13 fully saturated rings. The first-order valence-electron chi connectivity index (χ1n) is 30.1. The quantitative estimate of drug-likeness (QED) is 0.173. The lowest BCUT2D eigenvalue weighted by molar-refractivity contribution is -0.0659. The molecule has 0 radical (unpaired) electrons. The third kappa shape index (κ3) is 9.77. The molecule has 22 heteroatoms. The molecule has 13 aliphatic rings. The Morgan fingerprint density at radius 2 is 0.486 bits per heavy atom. The Labute approximate surface area is 432 Å². The molecule has 7 aliphatic carbocycles. The summed E-state index contributed by atoms with van der Waals surface area (Å²) in [6.07, 6.45) is 39.5. The SMILES string of the molecule is CCCC[Si](C)(C)O[Si]12O[Si]3(C4CCCCC4)O[Si]4(C5CCCCC5)O[Si](C5CCCCC5)(O1)O[Si]1(C5CCCCC5)O[Si](C5CCCCC5)(O2)O[Si](C2CCCCC2)(O3)O[Si](C2CCCCC2)(O4)O1. The van der Waals surface area contributed by atoms with E-state index in [0.717, 1.165) is 199 Å². The van der Waals surface area contributed by atoms with Crippen molar-refractivity contribution in [2.75, 3.05) is 0 Å². The van der Waals surface area contributed by atoms with Gasteiger partial charge in [-0.2, -0.15) is 0 Å². The molecular weight excluding hydrogens is 1040 g/mol. The van der Waals surface area contributed by atoms with Crippen LogP contribution in [0, 0.1) is 0 Å². The van der Waals surface area contributed by atoms with E-state index in [9.17, 15) is 0 Å². The van der Waals surface area contributed by atoms with Crippen LogP contribution in [-0.4, -0.2) is 79.0 Å². The van der Waals surface area contributed by atoms with Crippen LogP contribution < -0.4 is 0 Å². The summed E-state index contributed by atoms with van der Waals surface area (Å²) in [5.41, 5.74) is 0.0634. The van der Waals surface area contributed by atoms with E-state index < -0.39 is 79.0 Å². The van der Waals surface area contributed by atoms with Crippen molar-refractivity contribution >= 4 is 79.0 Å². The van der Waals surface area contributed by atoms with E-state index in [0.29, 0.717) is 0 Å². The molecule has 6 saturated heterocycles. The minimum absolute atomic E-state index is 0.0180. The molecule has 13 rings (SSSR count). The van der Waals surface area contributed by atoms with Gasteiger partial charge in [0.1, 0.15) is 0 Å². The summed E-state index contributed by atoms with van der Waals surface area (Å²) in [5, 5.41) is 0. The van der Waals surface area contributed by atoms with Crippen molar-refractivity contribution in [3.8, 4) is 0 Å². The van der Waals surface area contributed by atoms with Crippen LogP contribution in [0.1, 0.15) is 244 Å². The van der Waals surface area contributed by atoms with Crippen molar-refractivity contribution in [2.24, 2.45) is 0 Å². The molecule has 0 aromatic carbocycles. The summed E-state index contributed by atoms with van der Waals surface area (Å²) in [7, 11) is -35.7.